The SMILES string of the molecule is Oc1cnn(Cc2cc3cc(Br)ccc3s2)c1. The van der Waals surface area contributed by atoms with Crippen LogP contribution in [0.1, 0.15) is 4.88 Å². The number of thiophene rings is 1. The van der Waals surface area contributed by atoms with Gasteiger partial charge in [-0.1, -0.05) is 15.9 Å². The fourth-order valence-electron chi connectivity index (χ4n) is 1.75. The standard InChI is InChI=1S/C12H9BrN2OS/c13-9-1-2-12-8(3-9)4-11(17-12)7-15-6-10(16)5-14-15/h1-6,16H,7H2. The summed E-state index contributed by atoms with van der Waals surface area (Å²) in [5.74, 6) is 0.203. The highest BCUT2D eigenvalue weighted by Crippen LogP contribution is 2.28. The van der Waals surface area contributed by atoms with Crippen molar-refractivity contribution in [3.8, 4) is 5.75 Å². The van der Waals surface area contributed by atoms with Gasteiger partial charge in [-0.25, -0.2) is 0 Å². The molecule has 0 aliphatic heterocycles. The first-order valence-corrected chi connectivity index (χ1v) is 6.71. The number of benzene rings is 1. The van der Waals surface area contributed by atoms with E-state index in [9.17, 15) is 5.11 Å². The second kappa shape index (κ2) is 4.16. The molecular formula is C12H9BrN2OS. The number of hydrogen-bond acceptors (Lipinski definition) is 3. The van der Waals surface area contributed by atoms with Crippen molar-refractivity contribution in [1.82, 2.24) is 9.78 Å². The van der Waals surface area contributed by atoms with Gasteiger partial charge in [0.2, 0.25) is 0 Å². The van der Waals surface area contributed by atoms with Crippen LogP contribution in [0.25, 0.3) is 10.1 Å². The second-order valence-electron chi connectivity index (χ2n) is 3.79. The summed E-state index contributed by atoms with van der Waals surface area (Å²) in [6, 6.07) is 8.41. The molecule has 0 saturated heterocycles. The van der Waals surface area contributed by atoms with Crippen molar-refractivity contribution >= 4 is 37.4 Å². The second-order valence-corrected chi connectivity index (χ2v) is 5.87. The number of aromatic hydroxyl groups is 1. The summed E-state index contributed by atoms with van der Waals surface area (Å²) in [7, 11) is 0. The average molecular weight is 309 g/mol. The van der Waals surface area contributed by atoms with Gasteiger partial charge in [-0.3, -0.25) is 4.68 Å². The van der Waals surface area contributed by atoms with E-state index in [0.717, 1.165) is 4.47 Å². The first-order chi connectivity index (χ1) is 8.20. The van der Waals surface area contributed by atoms with E-state index in [4.69, 9.17) is 0 Å². The van der Waals surface area contributed by atoms with Crippen molar-refractivity contribution < 1.29 is 5.11 Å². The quantitative estimate of drug-likeness (QED) is 0.785. The maximum atomic E-state index is 9.22. The molecule has 0 bridgehead atoms. The lowest BCUT2D eigenvalue weighted by molar-refractivity contribution is 0.474. The minimum absolute atomic E-state index is 0.203. The summed E-state index contributed by atoms with van der Waals surface area (Å²) < 4.78 is 4.08. The molecule has 0 spiro atoms. The smallest absolute Gasteiger partial charge is 0.153 e. The Bertz CT molecular complexity index is 674. The molecule has 3 nitrogen and oxygen atoms in total. The van der Waals surface area contributed by atoms with Crippen LogP contribution >= 0.6 is 27.3 Å². The molecule has 86 valence electrons. The molecule has 0 aliphatic carbocycles. The summed E-state index contributed by atoms with van der Waals surface area (Å²) in [5, 5.41) is 14.5. The predicted octanol–water partition coefficient (Wildman–Crippen LogP) is 3.61. The minimum Gasteiger partial charge on any atom is -0.505 e. The zero-order valence-electron chi connectivity index (χ0n) is 8.80. The van der Waals surface area contributed by atoms with Crippen molar-refractivity contribution in [3.05, 3.63) is 46.0 Å². The Morgan fingerprint density at radius 1 is 1.35 bits per heavy atom. The molecule has 2 aromatic heterocycles. The molecule has 2 heterocycles. The molecule has 1 N–H and O–H groups in total. The molecule has 1 aromatic carbocycles. The molecule has 3 rings (SSSR count). The minimum atomic E-state index is 0.203. The number of aromatic nitrogens is 2. The third kappa shape index (κ3) is 2.21. The van der Waals surface area contributed by atoms with Crippen molar-refractivity contribution in [1.29, 1.82) is 0 Å². The molecule has 3 aromatic rings. The number of fused-ring (bicyclic) bond motifs is 1. The molecule has 0 fully saturated rings. The van der Waals surface area contributed by atoms with Gasteiger partial charge in [-0.2, -0.15) is 5.10 Å². The first kappa shape index (κ1) is 10.8. The topological polar surface area (TPSA) is 38.1 Å². The van der Waals surface area contributed by atoms with Crippen LogP contribution in [0.3, 0.4) is 0 Å². The highest BCUT2D eigenvalue weighted by atomic mass is 79.9. The van der Waals surface area contributed by atoms with Crippen LogP contribution in [0.5, 0.6) is 5.75 Å². The van der Waals surface area contributed by atoms with Crippen molar-refractivity contribution in [2.45, 2.75) is 6.54 Å². The largest absolute Gasteiger partial charge is 0.505 e. The molecule has 5 heteroatoms. The third-order valence-electron chi connectivity index (χ3n) is 2.47. The lowest BCUT2D eigenvalue weighted by Gasteiger charge is -1.95. The monoisotopic (exact) mass is 308 g/mol. The normalized spacial score (nSPS) is 11.1. The van der Waals surface area contributed by atoms with E-state index >= 15 is 0 Å². The van der Waals surface area contributed by atoms with Crippen LogP contribution in [0.4, 0.5) is 0 Å². The first-order valence-electron chi connectivity index (χ1n) is 5.10. The molecule has 0 saturated carbocycles. The van der Waals surface area contributed by atoms with Crippen LogP contribution in [-0.4, -0.2) is 14.9 Å². The molecule has 0 atom stereocenters. The Morgan fingerprint density at radius 3 is 3.00 bits per heavy atom. The van der Waals surface area contributed by atoms with E-state index in [1.807, 2.05) is 6.07 Å². The fourth-order valence-corrected chi connectivity index (χ4v) is 3.16. The molecule has 0 amide bonds. The average Bonchev–Trinajstić information content (AvgIpc) is 2.84. The molecule has 0 aliphatic rings. The maximum Gasteiger partial charge on any atom is 0.153 e. The van der Waals surface area contributed by atoms with Gasteiger partial charge in [0.15, 0.2) is 5.75 Å². The number of nitrogens with zero attached hydrogens (tertiary/aromatic N) is 2. The van der Waals surface area contributed by atoms with Crippen LogP contribution in [-0.2, 0) is 6.54 Å². The van der Waals surface area contributed by atoms with Crippen LogP contribution in [0.2, 0.25) is 0 Å². The third-order valence-corrected chi connectivity index (χ3v) is 4.06. The van der Waals surface area contributed by atoms with Crippen LogP contribution in [0.15, 0.2) is 41.1 Å². The summed E-state index contributed by atoms with van der Waals surface area (Å²) in [6.07, 6.45) is 3.07. The summed E-state index contributed by atoms with van der Waals surface area (Å²) in [5.41, 5.74) is 0. The van der Waals surface area contributed by atoms with Gasteiger partial charge < -0.3 is 5.11 Å². The Balaban J connectivity index is 1.95. The van der Waals surface area contributed by atoms with Gasteiger partial charge in [0.1, 0.15) is 0 Å². The summed E-state index contributed by atoms with van der Waals surface area (Å²) >= 11 is 5.21. The van der Waals surface area contributed by atoms with E-state index in [1.165, 1.54) is 21.2 Å². The molecule has 17 heavy (non-hydrogen) atoms. The van der Waals surface area contributed by atoms with Gasteiger partial charge in [0.05, 0.1) is 18.9 Å². The van der Waals surface area contributed by atoms with E-state index < -0.39 is 0 Å². The van der Waals surface area contributed by atoms with Crippen LogP contribution in [0, 0.1) is 0 Å². The summed E-state index contributed by atoms with van der Waals surface area (Å²) in [4.78, 5) is 1.22. The lowest BCUT2D eigenvalue weighted by Crippen LogP contribution is -1.96. The zero-order chi connectivity index (χ0) is 11.8. The van der Waals surface area contributed by atoms with Gasteiger partial charge in [-0.05, 0) is 29.7 Å². The van der Waals surface area contributed by atoms with E-state index in [-0.39, 0.29) is 5.75 Å². The zero-order valence-corrected chi connectivity index (χ0v) is 11.2. The Morgan fingerprint density at radius 2 is 2.24 bits per heavy atom. The van der Waals surface area contributed by atoms with Crippen molar-refractivity contribution in [2.75, 3.05) is 0 Å². The predicted molar refractivity (Wildman–Crippen MR) is 72.5 cm³/mol. The maximum absolute atomic E-state index is 9.22. The van der Waals surface area contributed by atoms with Crippen molar-refractivity contribution in [2.24, 2.45) is 0 Å². The Kier molecular flexibility index (Phi) is 2.64. The van der Waals surface area contributed by atoms with Gasteiger partial charge in [0, 0.05) is 14.0 Å². The van der Waals surface area contributed by atoms with Gasteiger partial charge in [-0.15, -0.1) is 11.3 Å². The van der Waals surface area contributed by atoms with Gasteiger partial charge >= 0.3 is 0 Å². The van der Waals surface area contributed by atoms with E-state index in [2.05, 4.69) is 39.2 Å². The Hall–Kier alpha value is -1.33. The highest BCUT2D eigenvalue weighted by molar-refractivity contribution is 9.10. The number of rotatable bonds is 2. The fraction of sp³-hybridized carbons (Fsp3) is 0.0833. The molecular weight excluding hydrogens is 300 g/mol. The van der Waals surface area contributed by atoms with Crippen molar-refractivity contribution in [3.63, 3.8) is 0 Å². The van der Waals surface area contributed by atoms with Gasteiger partial charge in [0.25, 0.3) is 0 Å². The number of halogens is 1. The Labute approximate surface area is 110 Å². The molecule has 0 radical (unpaired) electrons. The lowest BCUT2D eigenvalue weighted by atomic mass is 10.2. The number of hydrogen-bond donors (Lipinski definition) is 1. The highest BCUT2D eigenvalue weighted by Gasteiger charge is 2.04. The van der Waals surface area contributed by atoms with E-state index in [1.54, 1.807) is 22.2 Å². The molecule has 0 unspecified atom stereocenters. The van der Waals surface area contributed by atoms with E-state index in [0.29, 0.717) is 6.54 Å². The summed E-state index contributed by atoms with van der Waals surface area (Å²) in [6.45, 7) is 0.692. The van der Waals surface area contributed by atoms with Crippen LogP contribution < -0.4 is 0 Å².